The van der Waals surface area contributed by atoms with Gasteiger partial charge < -0.3 is 5.11 Å². The van der Waals surface area contributed by atoms with E-state index < -0.39 is 6.10 Å². The van der Waals surface area contributed by atoms with Crippen LogP contribution in [-0.4, -0.2) is 5.11 Å². The molecule has 0 bridgehead atoms. The van der Waals surface area contributed by atoms with Crippen LogP contribution in [0.2, 0.25) is 0 Å². The van der Waals surface area contributed by atoms with Gasteiger partial charge in [-0.1, -0.05) is 97.1 Å². The van der Waals surface area contributed by atoms with Crippen molar-refractivity contribution in [1.29, 1.82) is 0 Å². The van der Waals surface area contributed by atoms with E-state index in [0.29, 0.717) is 6.42 Å². The average molecular weight is 300 g/mol. The van der Waals surface area contributed by atoms with Gasteiger partial charge in [0.2, 0.25) is 0 Å². The van der Waals surface area contributed by atoms with E-state index in [2.05, 4.69) is 30.3 Å². The van der Waals surface area contributed by atoms with Crippen LogP contribution in [0.25, 0.3) is 11.6 Å². The highest BCUT2D eigenvalue weighted by Crippen LogP contribution is 2.29. The van der Waals surface area contributed by atoms with Gasteiger partial charge in [-0.05, 0) is 22.3 Å². The van der Waals surface area contributed by atoms with Gasteiger partial charge in [-0.25, -0.2) is 0 Å². The van der Waals surface area contributed by atoms with Crippen molar-refractivity contribution in [1.82, 2.24) is 0 Å². The Morgan fingerprint density at radius 2 is 1.26 bits per heavy atom. The smallest absolute Gasteiger partial charge is 0.0830 e. The van der Waals surface area contributed by atoms with Gasteiger partial charge in [-0.2, -0.15) is 0 Å². The molecule has 0 aliphatic heterocycles. The van der Waals surface area contributed by atoms with Crippen LogP contribution in [0.5, 0.6) is 0 Å². The Hall–Kier alpha value is -2.64. The Morgan fingerprint density at radius 1 is 0.739 bits per heavy atom. The molecule has 1 atom stereocenters. The van der Waals surface area contributed by atoms with Gasteiger partial charge in [0.05, 0.1) is 6.10 Å². The molecule has 23 heavy (non-hydrogen) atoms. The van der Waals surface area contributed by atoms with Crippen molar-refractivity contribution in [2.75, 3.05) is 0 Å². The molecular formula is C22H20O. The van der Waals surface area contributed by atoms with Gasteiger partial charge in [0.25, 0.3) is 0 Å². The second-order valence-corrected chi connectivity index (χ2v) is 5.58. The molecule has 0 heterocycles. The standard InChI is InChI=1S/C22H20O/c23-22(20-14-8-3-9-15-20)17-21(19-12-6-2-7-13-19)16-18-10-4-1-5-11-18/h1-16,22-23H,17H2/b21-16-. The summed E-state index contributed by atoms with van der Waals surface area (Å²) in [5, 5.41) is 10.6. The van der Waals surface area contributed by atoms with Crippen molar-refractivity contribution >= 4 is 11.6 Å². The third-order valence-corrected chi connectivity index (χ3v) is 3.88. The first kappa shape index (κ1) is 15.3. The third kappa shape index (κ3) is 4.18. The number of aliphatic hydroxyl groups excluding tert-OH is 1. The van der Waals surface area contributed by atoms with Crippen LogP contribution in [-0.2, 0) is 0 Å². The molecule has 1 nitrogen and oxygen atoms in total. The SMILES string of the molecule is OC(C/C(=C/c1ccccc1)c1ccccc1)c1ccccc1. The van der Waals surface area contributed by atoms with E-state index in [0.717, 1.165) is 22.3 Å². The minimum Gasteiger partial charge on any atom is -0.388 e. The highest BCUT2D eigenvalue weighted by molar-refractivity contribution is 5.81. The summed E-state index contributed by atoms with van der Waals surface area (Å²) in [4.78, 5) is 0. The molecule has 3 aromatic rings. The second kappa shape index (κ2) is 7.57. The first-order valence-electron chi connectivity index (χ1n) is 7.87. The van der Waals surface area contributed by atoms with Crippen LogP contribution in [0, 0.1) is 0 Å². The lowest BCUT2D eigenvalue weighted by Crippen LogP contribution is -1.99. The first-order valence-corrected chi connectivity index (χ1v) is 7.87. The van der Waals surface area contributed by atoms with E-state index in [1.165, 1.54) is 0 Å². The number of hydrogen-bond donors (Lipinski definition) is 1. The van der Waals surface area contributed by atoms with Gasteiger partial charge in [-0.3, -0.25) is 0 Å². The highest BCUT2D eigenvalue weighted by atomic mass is 16.3. The topological polar surface area (TPSA) is 20.2 Å². The second-order valence-electron chi connectivity index (χ2n) is 5.58. The maximum Gasteiger partial charge on any atom is 0.0830 e. The molecule has 0 amide bonds. The van der Waals surface area contributed by atoms with Crippen molar-refractivity contribution in [2.45, 2.75) is 12.5 Å². The van der Waals surface area contributed by atoms with Crippen molar-refractivity contribution < 1.29 is 5.11 Å². The van der Waals surface area contributed by atoms with E-state index in [4.69, 9.17) is 0 Å². The van der Waals surface area contributed by atoms with Crippen molar-refractivity contribution in [3.05, 3.63) is 108 Å². The predicted octanol–water partition coefficient (Wildman–Crippen LogP) is 5.35. The number of benzene rings is 3. The fourth-order valence-electron chi connectivity index (χ4n) is 2.66. The molecule has 1 unspecified atom stereocenters. The molecule has 0 aliphatic rings. The van der Waals surface area contributed by atoms with Gasteiger partial charge in [-0.15, -0.1) is 0 Å². The highest BCUT2D eigenvalue weighted by Gasteiger charge is 2.11. The summed E-state index contributed by atoms with van der Waals surface area (Å²) in [5.41, 5.74) is 4.37. The number of aliphatic hydroxyl groups is 1. The average Bonchev–Trinajstić information content (AvgIpc) is 2.63. The van der Waals surface area contributed by atoms with Crippen LogP contribution in [0.3, 0.4) is 0 Å². The summed E-state index contributed by atoms with van der Waals surface area (Å²) in [6, 6.07) is 30.3. The van der Waals surface area contributed by atoms with Crippen LogP contribution in [0.15, 0.2) is 91.0 Å². The Morgan fingerprint density at radius 3 is 1.87 bits per heavy atom. The van der Waals surface area contributed by atoms with Crippen LogP contribution in [0.4, 0.5) is 0 Å². The minimum atomic E-state index is -0.508. The normalized spacial score (nSPS) is 12.8. The molecule has 0 aromatic heterocycles. The van der Waals surface area contributed by atoms with E-state index in [9.17, 15) is 5.11 Å². The molecule has 0 aliphatic carbocycles. The Balaban J connectivity index is 1.91. The number of hydrogen-bond acceptors (Lipinski definition) is 1. The summed E-state index contributed by atoms with van der Waals surface area (Å²) in [6.07, 6.45) is 2.23. The van der Waals surface area contributed by atoms with Crippen molar-refractivity contribution in [3.63, 3.8) is 0 Å². The predicted molar refractivity (Wildman–Crippen MR) is 96.8 cm³/mol. The maximum absolute atomic E-state index is 10.6. The largest absolute Gasteiger partial charge is 0.388 e. The fraction of sp³-hybridized carbons (Fsp3) is 0.0909. The summed E-state index contributed by atoms with van der Waals surface area (Å²) in [6.45, 7) is 0. The molecule has 0 radical (unpaired) electrons. The van der Waals surface area contributed by atoms with Gasteiger partial charge in [0.1, 0.15) is 0 Å². The molecule has 3 rings (SSSR count). The molecule has 0 spiro atoms. The molecule has 0 saturated heterocycles. The molecule has 1 N–H and O–H groups in total. The zero-order valence-electron chi connectivity index (χ0n) is 13.0. The van der Waals surface area contributed by atoms with Crippen molar-refractivity contribution in [2.24, 2.45) is 0 Å². The monoisotopic (exact) mass is 300 g/mol. The van der Waals surface area contributed by atoms with E-state index in [1.54, 1.807) is 0 Å². The van der Waals surface area contributed by atoms with Crippen LogP contribution >= 0.6 is 0 Å². The third-order valence-electron chi connectivity index (χ3n) is 3.88. The summed E-state index contributed by atoms with van der Waals surface area (Å²) >= 11 is 0. The summed E-state index contributed by atoms with van der Waals surface area (Å²) < 4.78 is 0. The minimum absolute atomic E-state index is 0.508. The zero-order valence-corrected chi connectivity index (χ0v) is 13.0. The molecule has 1 heteroatoms. The Bertz CT molecular complexity index is 746. The molecular weight excluding hydrogens is 280 g/mol. The molecule has 0 saturated carbocycles. The Kier molecular flexibility index (Phi) is 5.02. The Labute approximate surface area is 137 Å². The maximum atomic E-state index is 10.6. The van der Waals surface area contributed by atoms with Gasteiger partial charge in [0, 0.05) is 6.42 Å². The summed E-state index contributed by atoms with van der Waals surface area (Å²) in [7, 11) is 0. The lowest BCUT2D eigenvalue weighted by molar-refractivity contribution is 0.184. The fourth-order valence-corrected chi connectivity index (χ4v) is 2.66. The lowest BCUT2D eigenvalue weighted by Gasteiger charge is -2.15. The van der Waals surface area contributed by atoms with Crippen LogP contribution in [0.1, 0.15) is 29.2 Å². The lowest BCUT2D eigenvalue weighted by atomic mass is 9.94. The van der Waals surface area contributed by atoms with E-state index >= 15 is 0 Å². The van der Waals surface area contributed by atoms with Crippen LogP contribution < -0.4 is 0 Å². The molecule has 3 aromatic carbocycles. The summed E-state index contributed by atoms with van der Waals surface area (Å²) in [5.74, 6) is 0. The zero-order chi connectivity index (χ0) is 15.9. The molecule has 114 valence electrons. The quantitative estimate of drug-likeness (QED) is 0.630. The van der Waals surface area contributed by atoms with E-state index in [-0.39, 0.29) is 0 Å². The molecule has 0 fully saturated rings. The van der Waals surface area contributed by atoms with Gasteiger partial charge in [0.15, 0.2) is 0 Å². The first-order chi connectivity index (χ1) is 11.3. The van der Waals surface area contributed by atoms with E-state index in [1.807, 2.05) is 66.7 Å². The number of rotatable bonds is 5. The van der Waals surface area contributed by atoms with Crippen molar-refractivity contribution in [3.8, 4) is 0 Å². The van der Waals surface area contributed by atoms with Gasteiger partial charge >= 0.3 is 0 Å².